The molecule has 0 aliphatic rings. The van der Waals surface area contributed by atoms with Gasteiger partial charge in [0.05, 0.1) is 10.4 Å². The number of hydrogen-bond donors (Lipinski definition) is 1. The summed E-state index contributed by atoms with van der Waals surface area (Å²) in [7, 11) is -4.52. The predicted octanol–water partition coefficient (Wildman–Crippen LogP) is -2.22. The van der Waals surface area contributed by atoms with Gasteiger partial charge in [-0.1, -0.05) is 6.07 Å². The molecule has 0 amide bonds. The molecule has 76 valence electrons. The second-order valence-corrected chi connectivity index (χ2v) is 3.75. The van der Waals surface area contributed by atoms with E-state index < -0.39 is 20.2 Å². The van der Waals surface area contributed by atoms with Crippen LogP contribution in [0.1, 0.15) is 2.85 Å². The molecule has 0 spiro atoms. The summed E-state index contributed by atoms with van der Waals surface area (Å²) in [6.45, 7) is 0. The molecule has 5 nitrogen and oxygen atoms in total. The van der Waals surface area contributed by atoms with E-state index in [0.29, 0.717) is 0 Å². The summed E-state index contributed by atoms with van der Waals surface area (Å²) in [5.41, 5.74) is 0. The molecule has 0 bridgehead atoms. The fourth-order valence-corrected chi connectivity index (χ4v) is 1.60. The third-order valence-electron chi connectivity index (χ3n) is 1.52. The van der Waals surface area contributed by atoms with Gasteiger partial charge < -0.3 is 2.85 Å². The van der Waals surface area contributed by atoms with Crippen molar-refractivity contribution in [2.75, 3.05) is 0 Å². The second-order valence-electron chi connectivity index (χ2n) is 2.36. The maximum absolute atomic E-state index is 10.7. The van der Waals surface area contributed by atoms with Crippen molar-refractivity contribution in [2.45, 2.75) is 4.90 Å². The summed E-state index contributed by atoms with van der Waals surface area (Å²) < 4.78 is 30.1. The van der Waals surface area contributed by atoms with Crippen molar-refractivity contribution in [1.82, 2.24) is 0 Å². The van der Waals surface area contributed by atoms with Gasteiger partial charge in [-0.05, 0) is 12.1 Å². The summed E-state index contributed by atoms with van der Waals surface area (Å²) in [5.74, 6) is 2.64. The molecule has 0 saturated heterocycles. The first-order valence-corrected chi connectivity index (χ1v) is 4.81. The molecule has 0 aliphatic heterocycles. The van der Waals surface area contributed by atoms with Crippen molar-refractivity contribution >= 4 is 59.7 Å². The van der Waals surface area contributed by atoms with Crippen molar-refractivity contribution in [2.24, 2.45) is 0 Å². The third kappa shape index (κ3) is 3.26. The maximum Gasteiger partial charge on any atom is 2.00 e. The normalized spacial score (nSPS) is 9.67. The van der Waals surface area contributed by atoms with Gasteiger partial charge in [-0.25, -0.2) is 9.59 Å². The van der Waals surface area contributed by atoms with E-state index >= 15 is 0 Å². The Morgan fingerprint density at radius 3 is 2.20 bits per heavy atom. The summed E-state index contributed by atoms with van der Waals surface area (Å²) in [6, 6.07) is 3.41. The fourth-order valence-electron chi connectivity index (χ4n) is 0.936. The van der Waals surface area contributed by atoms with Gasteiger partial charge in [-0.3, -0.25) is 4.55 Å². The molecule has 0 atom stereocenters. The van der Waals surface area contributed by atoms with Crippen molar-refractivity contribution in [1.29, 1.82) is 0 Å². The Labute approximate surface area is 118 Å². The molecule has 0 saturated carbocycles. The van der Waals surface area contributed by atoms with Crippen LogP contribution in [0, 0.1) is 0 Å². The van der Waals surface area contributed by atoms with E-state index in [2.05, 4.69) is 0 Å². The van der Waals surface area contributed by atoms with E-state index in [1.165, 1.54) is 24.0 Å². The third-order valence-corrected chi connectivity index (χ3v) is 2.41. The SMILES string of the molecule is O=C=c1cccc(S(=O)(=O)O)c1=C=O.[Ca+2].[H-].[H-]. The van der Waals surface area contributed by atoms with Gasteiger partial charge >= 0.3 is 37.7 Å². The van der Waals surface area contributed by atoms with E-state index in [0.717, 1.165) is 6.07 Å². The van der Waals surface area contributed by atoms with E-state index in [1.54, 1.807) is 0 Å². The number of carbonyl (C=O) groups excluding carboxylic acids is 2. The minimum Gasteiger partial charge on any atom is -1.00 e. The predicted molar refractivity (Wildman–Crippen MR) is 53.1 cm³/mol. The fraction of sp³-hybridized carbons (Fsp3) is 0. The zero-order valence-corrected chi connectivity index (χ0v) is 10.5. The average Bonchev–Trinajstić information content (AvgIpc) is 2.15. The minimum atomic E-state index is -4.52. The van der Waals surface area contributed by atoms with Crippen LogP contribution in [0.2, 0.25) is 0 Å². The van der Waals surface area contributed by atoms with Gasteiger partial charge in [0.25, 0.3) is 10.1 Å². The van der Waals surface area contributed by atoms with E-state index in [9.17, 15) is 18.0 Å². The quantitative estimate of drug-likeness (QED) is 0.453. The van der Waals surface area contributed by atoms with Crippen molar-refractivity contribution < 1.29 is 25.4 Å². The summed E-state index contributed by atoms with van der Waals surface area (Å²) in [5, 5.41) is -0.764. The molecule has 0 heterocycles. The van der Waals surface area contributed by atoms with E-state index in [1.807, 2.05) is 0 Å². The number of rotatable bonds is 1. The zero-order chi connectivity index (χ0) is 10.8. The first-order valence-electron chi connectivity index (χ1n) is 3.37. The van der Waals surface area contributed by atoms with Crippen LogP contribution in [0.15, 0.2) is 23.1 Å². The Balaban J connectivity index is -0.000000653. The largest absolute Gasteiger partial charge is 2.00 e. The Kier molecular flexibility index (Phi) is 5.42. The van der Waals surface area contributed by atoms with Crippen molar-refractivity contribution in [3.8, 4) is 0 Å². The first-order chi connectivity index (χ1) is 6.50. The van der Waals surface area contributed by atoms with E-state index in [4.69, 9.17) is 4.55 Å². The molecule has 0 aliphatic carbocycles. The molecule has 1 rings (SSSR count). The van der Waals surface area contributed by atoms with Gasteiger partial charge in [0.1, 0.15) is 16.8 Å². The van der Waals surface area contributed by atoms with Crippen LogP contribution in [-0.4, -0.2) is 62.6 Å². The summed E-state index contributed by atoms with van der Waals surface area (Å²) in [6.07, 6.45) is 0. The van der Waals surface area contributed by atoms with Crippen LogP contribution in [0.3, 0.4) is 0 Å². The minimum absolute atomic E-state index is 0. The van der Waals surface area contributed by atoms with Crippen LogP contribution in [0.25, 0.3) is 0 Å². The first kappa shape index (κ1) is 14.5. The zero-order valence-electron chi connectivity index (χ0n) is 9.43. The van der Waals surface area contributed by atoms with Gasteiger partial charge in [0.2, 0.25) is 0 Å². The van der Waals surface area contributed by atoms with Crippen LogP contribution < -0.4 is 10.4 Å². The summed E-state index contributed by atoms with van der Waals surface area (Å²) >= 11 is 0. The van der Waals surface area contributed by atoms with Gasteiger partial charge in [0, 0.05) is 0 Å². The van der Waals surface area contributed by atoms with Gasteiger partial charge in [-0.2, -0.15) is 8.42 Å². The Bertz CT molecular complexity index is 632. The molecular weight excluding hydrogens is 248 g/mol. The molecule has 0 radical (unpaired) electrons. The second kappa shape index (κ2) is 5.58. The van der Waals surface area contributed by atoms with Crippen LogP contribution in [0.5, 0.6) is 0 Å². The Morgan fingerprint density at radius 1 is 1.20 bits per heavy atom. The van der Waals surface area contributed by atoms with Crippen molar-refractivity contribution in [3.05, 3.63) is 28.6 Å². The molecule has 1 aromatic carbocycles. The van der Waals surface area contributed by atoms with Crippen LogP contribution in [0.4, 0.5) is 0 Å². The van der Waals surface area contributed by atoms with E-state index in [-0.39, 0.29) is 45.8 Å². The Morgan fingerprint density at radius 2 is 1.80 bits per heavy atom. The maximum atomic E-state index is 10.7. The van der Waals surface area contributed by atoms with Crippen molar-refractivity contribution in [3.63, 3.8) is 0 Å². The molecule has 15 heavy (non-hydrogen) atoms. The monoisotopic (exact) mass is 254 g/mol. The van der Waals surface area contributed by atoms with Crippen LogP contribution in [-0.2, 0) is 19.7 Å². The Hall–Kier alpha value is -0.450. The topological polar surface area (TPSA) is 88.5 Å². The average molecular weight is 254 g/mol. The smallest absolute Gasteiger partial charge is 1.00 e. The number of hydrogen-bond acceptors (Lipinski definition) is 4. The van der Waals surface area contributed by atoms with Gasteiger partial charge in [0.15, 0.2) is 0 Å². The molecule has 1 N–H and O–H groups in total. The molecule has 0 aromatic heterocycles. The molecule has 0 unspecified atom stereocenters. The molecule has 7 heteroatoms. The molecular formula is C8H6CaO5S. The summed E-state index contributed by atoms with van der Waals surface area (Å²) in [4.78, 5) is 20.0. The van der Waals surface area contributed by atoms with Gasteiger partial charge in [-0.15, -0.1) is 0 Å². The molecule has 0 fully saturated rings. The standard InChI is InChI=1S/C8H4O5S.Ca.2H/c9-4-6-2-1-3-8(7(6)5-10)14(11,12)13;;;/h1-3H,(H,11,12,13);;;/q;+2;2*-1. The molecule has 1 aromatic rings. The number of benzene rings is 1. The van der Waals surface area contributed by atoms with Crippen LogP contribution >= 0.6 is 0 Å².